The van der Waals surface area contributed by atoms with E-state index < -0.39 is 36.5 Å². The lowest BCUT2D eigenvalue weighted by Crippen LogP contribution is -2.32. The third-order valence-electron chi connectivity index (χ3n) is 1.65. The molecule has 0 aliphatic heterocycles. The van der Waals surface area contributed by atoms with Crippen molar-refractivity contribution in [3.8, 4) is 0 Å². The molecular formula is C10H14ClF3O4. The summed E-state index contributed by atoms with van der Waals surface area (Å²) in [4.78, 5) is 21.7. The Kier molecular flexibility index (Phi) is 7.05. The zero-order valence-electron chi connectivity index (χ0n) is 9.92. The highest BCUT2D eigenvalue weighted by Gasteiger charge is 2.42. The standard InChI is InChI=1S/C10H14ClF3O4/c1-6(2)5-17-8(15)3-7(4-11)18-9(16)10(12,13)14/h6-7H,3-5H2,1-2H3. The summed E-state index contributed by atoms with van der Waals surface area (Å²) in [5.41, 5.74) is 0. The molecule has 18 heavy (non-hydrogen) atoms. The number of hydrogen-bond acceptors (Lipinski definition) is 4. The molecule has 106 valence electrons. The highest BCUT2D eigenvalue weighted by molar-refractivity contribution is 6.18. The number of halogens is 4. The average Bonchev–Trinajstić information content (AvgIpc) is 2.23. The van der Waals surface area contributed by atoms with Crippen molar-refractivity contribution in [2.75, 3.05) is 12.5 Å². The maximum atomic E-state index is 11.9. The molecule has 0 fully saturated rings. The smallest absolute Gasteiger partial charge is 0.465 e. The summed E-state index contributed by atoms with van der Waals surface area (Å²) in [6.07, 6.45) is -6.95. The van der Waals surface area contributed by atoms with Crippen LogP contribution in [0.4, 0.5) is 13.2 Å². The zero-order valence-corrected chi connectivity index (χ0v) is 10.7. The quantitative estimate of drug-likeness (QED) is 0.556. The van der Waals surface area contributed by atoms with Gasteiger partial charge in [-0.05, 0) is 5.92 Å². The predicted molar refractivity (Wildman–Crippen MR) is 57.1 cm³/mol. The van der Waals surface area contributed by atoms with Crippen LogP contribution in [0.3, 0.4) is 0 Å². The van der Waals surface area contributed by atoms with Crippen molar-refractivity contribution in [1.29, 1.82) is 0 Å². The Morgan fingerprint density at radius 2 is 1.83 bits per heavy atom. The molecule has 0 radical (unpaired) electrons. The fourth-order valence-electron chi connectivity index (χ4n) is 0.850. The molecule has 0 heterocycles. The van der Waals surface area contributed by atoms with Crippen molar-refractivity contribution in [2.45, 2.75) is 32.5 Å². The van der Waals surface area contributed by atoms with Gasteiger partial charge in [0.15, 0.2) is 0 Å². The van der Waals surface area contributed by atoms with Gasteiger partial charge in [-0.25, -0.2) is 4.79 Å². The highest BCUT2D eigenvalue weighted by Crippen LogP contribution is 2.18. The Labute approximate surface area is 107 Å². The minimum Gasteiger partial charge on any atom is -0.465 e. The van der Waals surface area contributed by atoms with Crippen molar-refractivity contribution < 1.29 is 32.2 Å². The molecule has 0 aromatic heterocycles. The van der Waals surface area contributed by atoms with E-state index in [2.05, 4.69) is 4.74 Å². The maximum Gasteiger partial charge on any atom is 0.490 e. The van der Waals surface area contributed by atoms with E-state index in [0.717, 1.165) is 0 Å². The van der Waals surface area contributed by atoms with Gasteiger partial charge in [0.05, 0.1) is 18.9 Å². The topological polar surface area (TPSA) is 52.6 Å². The lowest BCUT2D eigenvalue weighted by Gasteiger charge is -2.16. The fourth-order valence-corrected chi connectivity index (χ4v) is 1.02. The predicted octanol–water partition coefficient (Wildman–Crippen LogP) is 2.29. The molecular weight excluding hydrogens is 277 g/mol. The monoisotopic (exact) mass is 290 g/mol. The Balaban J connectivity index is 4.19. The van der Waals surface area contributed by atoms with Gasteiger partial charge in [0.25, 0.3) is 0 Å². The highest BCUT2D eigenvalue weighted by atomic mass is 35.5. The molecule has 4 nitrogen and oxygen atoms in total. The Morgan fingerprint density at radius 3 is 2.22 bits per heavy atom. The van der Waals surface area contributed by atoms with Crippen LogP contribution in [0.25, 0.3) is 0 Å². The molecule has 1 unspecified atom stereocenters. The first kappa shape index (κ1) is 17.0. The van der Waals surface area contributed by atoms with Gasteiger partial charge in [-0.15, -0.1) is 11.6 Å². The molecule has 0 aliphatic rings. The van der Waals surface area contributed by atoms with Crippen LogP contribution < -0.4 is 0 Å². The third kappa shape index (κ3) is 7.37. The van der Waals surface area contributed by atoms with Crippen LogP contribution in [0.5, 0.6) is 0 Å². The number of rotatable bonds is 6. The Morgan fingerprint density at radius 1 is 1.28 bits per heavy atom. The van der Waals surface area contributed by atoms with Crippen LogP contribution in [0.1, 0.15) is 20.3 Å². The molecule has 0 bridgehead atoms. The molecule has 0 N–H and O–H groups in total. The van der Waals surface area contributed by atoms with Crippen molar-refractivity contribution in [2.24, 2.45) is 5.92 Å². The summed E-state index contributed by atoms with van der Waals surface area (Å²) in [7, 11) is 0. The van der Waals surface area contributed by atoms with Gasteiger partial charge in [0, 0.05) is 0 Å². The van der Waals surface area contributed by atoms with E-state index in [4.69, 9.17) is 16.3 Å². The summed E-state index contributed by atoms with van der Waals surface area (Å²) in [6, 6.07) is 0. The average molecular weight is 291 g/mol. The van der Waals surface area contributed by atoms with Gasteiger partial charge < -0.3 is 9.47 Å². The molecule has 0 saturated heterocycles. The molecule has 0 aromatic rings. The zero-order chi connectivity index (χ0) is 14.3. The van der Waals surface area contributed by atoms with Gasteiger partial charge in [-0.2, -0.15) is 13.2 Å². The first-order chi connectivity index (χ1) is 8.16. The second kappa shape index (κ2) is 7.45. The van der Waals surface area contributed by atoms with Crippen LogP contribution in [0.15, 0.2) is 0 Å². The fraction of sp³-hybridized carbons (Fsp3) is 0.800. The maximum absolute atomic E-state index is 11.9. The van der Waals surface area contributed by atoms with Gasteiger partial charge in [-0.3, -0.25) is 4.79 Å². The van der Waals surface area contributed by atoms with Gasteiger partial charge in [-0.1, -0.05) is 13.8 Å². The number of hydrogen-bond donors (Lipinski definition) is 0. The lowest BCUT2D eigenvalue weighted by atomic mass is 10.2. The number of ether oxygens (including phenoxy) is 2. The minimum atomic E-state index is -5.11. The first-order valence-corrected chi connectivity index (χ1v) is 5.69. The first-order valence-electron chi connectivity index (χ1n) is 5.16. The van der Waals surface area contributed by atoms with Gasteiger partial charge in [0.2, 0.25) is 0 Å². The van der Waals surface area contributed by atoms with Crippen molar-refractivity contribution in [1.82, 2.24) is 0 Å². The second-order valence-corrected chi connectivity index (χ2v) is 4.27. The van der Waals surface area contributed by atoms with Crippen molar-refractivity contribution in [3.05, 3.63) is 0 Å². The summed E-state index contributed by atoms with van der Waals surface area (Å²) in [5, 5.41) is 0. The molecule has 1 atom stereocenters. The van der Waals surface area contributed by atoms with E-state index in [-0.39, 0.29) is 12.5 Å². The van der Waals surface area contributed by atoms with Crippen molar-refractivity contribution in [3.63, 3.8) is 0 Å². The third-order valence-corrected chi connectivity index (χ3v) is 1.99. The second-order valence-electron chi connectivity index (χ2n) is 3.96. The van der Waals surface area contributed by atoms with Crippen LogP contribution in [0.2, 0.25) is 0 Å². The van der Waals surface area contributed by atoms with Crippen LogP contribution >= 0.6 is 11.6 Å². The van der Waals surface area contributed by atoms with Gasteiger partial charge in [0.1, 0.15) is 6.10 Å². The molecule has 8 heteroatoms. The van der Waals surface area contributed by atoms with Crippen LogP contribution in [-0.2, 0) is 19.1 Å². The van der Waals surface area contributed by atoms with E-state index in [1.807, 2.05) is 0 Å². The minimum absolute atomic E-state index is 0.0983. The molecule has 0 spiro atoms. The van der Waals surface area contributed by atoms with Crippen LogP contribution in [-0.4, -0.2) is 36.7 Å². The molecule has 0 aromatic carbocycles. The summed E-state index contributed by atoms with van der Waals surface area (Å²) in [5.74, 6) is -3.45. The molecule has 0 aliphatic carbocycles. The Hall–Kier alpha value is -0.980. The van der Waals surface area contributed by atoms with E-state index in [1.165, 1.54) is 0 Å². The summed E-state index contributed by atoms with van der Waals surface area (Å²) >= 11 is 5.32. The number of alkyl halides is 4. The summed E-state index contributed by atoms with van der Waals surface area (Å²) < 4.78 is 44.5. The lowest BCUT2D eigenvalue weighted by molar-refractivity contribution is -0.204. The van der Waals surface area contributed by atoms with Gasteiger partial charge >= 0.3 is 18.1 Å². The van der Waals surface area contributed by atoms with Crippen LogP contribution in [0, 0.1) is 5.92 Å². The Bertz CT molecular complexity index is 291. The van der Waals surface area contributed by atoms with E-state index in [1.54, 1.807) is 13.8 Å². The number of carbonyl (C=O) groups excluding carboxylic acids is 2. The molecule has 0 amide bonds. The van der Waals surface area contributed by atoms with Crippen molar-refractivity contribution >= 4 is 23.5 Å². The number of carbonyl (C=O) groups is 2. The van der Waals surface area contributed by atoms with E-state index >= 15 is 0 Å². The van der Waals surface area contributed by atoms with E-state index in [9.17, 15) is 22.8 Å². The largest absolute Gasteiger partial charge is 0.490 e. The summed E-state index contributed by atoms with van der Waals surface area (Å²) in [6.45, 7) is 3.74. The molecule has 0 rings (SSSR count). The van der Waals surface area contributed by atoms with E-state index in [0.29, 0.717) is 0 Å². The number of esters is 2. The normalized spacial score (nSPS) is 13.3. The molecule has 0 saturated carbocycles. The SMILES string of the molecule is CC(C)COC(=O)CC(CCl)OC(=O)C(F)(F)F.